The molecule has 3 aromatic heterocycles. The summed E-state index contributed by atoms with van der Waals surface area (Å²) in [7, 11) is 4.33. The van der Waals surface area contributed by atoms with Gasteiger partial charge in [0.05, 0.1) is 16.9 Å². The average molecular weight is 497 g/mol. The first-order chi connectivity index (χ1) is 17.7. The first-order valence-electron chi connectivity index (χ1n) is 13.4. The van der Waals surface area contributed by atoms with Crippen LogP contribution in [0, 0.1) is 0 Å². The summed E-state index contributed by atoms with van der Waals surface area (Å²) in [5.74, 6) is 1.50. The molecule has 3 heterocycles. The molecular weight excluding hydrogens is 460 g/mol. The van der Waals surface area contributed by atoms with Gasteiger partial charge in [0.25, 0.3) is 5.56 Å². The molecule has 6 rings (SSSR count). The number of hydrogen-bond acceptors (Lipinski definition) is 5. The molecule has 192 valence electrons. The van der Waals surface area contributed by atoms with Crippen molar-refractivity contribution in [3.63, 3.8) is 0 Å². The summed E-state index contributed by atoms with van der Waals surface area (Å²) >= 11 is 0. The van der Waals surface area contributed by atoms with Gasteiger partial charge in [-0.15, -0.1) is 0 Å². The number of benzene rings is 1. The van der Waals surface area contributed by atoms with Gasteiger partial charge in [-0.1, -0.05) is 32.9 Å². The lowest BCUT2D eigenvalue weighted by molar-refractivity contribution is 0.268. The SMILES string of the molecule is CN(C)C1CCc2cc(Nc3cc4c(cn3)c(=O)n(C3CC3)n4-c3cccc(C(C)(C)C)n3)ccc2C1. The summed E-state index contributed by atoms with van der Waals surface area (Å²) in [5.41, 5.74) is 5.61. The van der Waals surface area contributed by atoms with E-state index in [4.69, 9.17) is 4.98 Å². The molecule has 0 bridgehead atoms. The minimum Gasteiger partial charge on any atom is -0.340 e. The Morgan fingerprint density at radius 1 is 1.03 bits per heavy atom. The van der Waals surface area contributed by atoms with Crippen LogP contribution in [0.5, 0.6) is 0 Å². The number of likely N-dealkylation sites (N-methyl/N-ethyl adjacent to an activating group) is 1. The van der Waals surface area contributed by atoms with E-state index in [1.165, 1.54) is 17.5 Å². The number of rotatable bonds is 5. The third kappa shape index (κ3) is 4.46. The van der Waals surface area contributed by atoms with Crippen molar-refractivity contribution in [3.05, 3.63) is 75.8 Å². The van der Waals surface area contributed by atoms with Gasteiger partial charge >= 0.3 is 0 Å². The Bertz CT molecular complexity index is 1540. The van der Waals surface area contributed by atoms with Gasteiger partial charge in [0.1, 0.15) is 5.82 Å². The third-order valence-electron chi connectivity index (χ3n) is 7.79. The minimum absolute atomic E-state index is 0.00346. The normalized spacial score (nSPS) is 17.8. The fourth-order valence-corrected chi connectivity index (χ4v) is 5.43. The van der Waals surface area contributed by atoms with Gasteiger partial charge in [0.15, 0.2) is 5.82 Å². The molecule has 1 unspecified atom stereocenters. The second kappa shape index (κ2) is 8.84. The highest BCUT2D eigenvalue weighted by atomic mass is 16.1. The van der Waals surface area contributed by atoms with Gasteiger partial charge < -0.3 is 10.2 Å². The van der Waals surface area contributed by atoms with Crippen LogP contribution in [0.25, 0.3) is 16.7 Å². The molecule has 37 heavy (non-hydrogen) atoms. The molecule has 4 aromatic rings. The van der Waals surface area contributed by atoms with E-state index in [0.717, 1.165) is 54.2 Å². The van der Waals surface area contributed by atoms with Crippen molar-refractivity contribution < 1.29 is 0 Å². The van der Waals surface area contributed by atoms with Crippen LogP contribution in [0.4, 0.5) is 11.5 Å². The van der Waals surface area contributed by atoms with Gasteiger partial charge in [-0.25, -0.2) is 19.3 Å². The predicted molar refractivity (Wildman–Crippen MR) is 149 cm³/mol. The van der Waals surface area contributed by atoms with Crippen LogP contribution < -0.4 is 10.9 Å². The van der Waals surface area contributed by atoms with Crippen LogP contribution in [0.15, 0.2) is 53.5 Å². The lowest BCUT2D eigenvalue weighted by atomic mass is 9.87. The summed E-state index contributed by atoms with van der Waals surface area (Å²) in [6, 6.07) is 15.5. The van der Waals surface area contributed by atoms with E-state index in [1.54, 1.807) is 6.20 Å². The molecule has 1 N–H and O–H groups in total. The number of nitrogens with zero attached hydrogens (tertiary/aromatic N) is 5. The van der Waals surface area contributed by atoms with E-state index < -0.39 is 0 Å². The Balaban J connectivity index is 1.39. The molecule has 0 saturated heterocycles. The zero-order valence-corrected chi connectivity index (χ0v) is 22.5. The molecule has 0 spiro atoms. The Morgan fingerprint density at radius 3 is 2.57 bits per heavy atom. The fraction of sp³-hybridized carbons (Fsp3) is 0.433. The first kappa shape index (κ1) is 23.9. The van der Waals surface area contributed by atoms with Crippen molar-refractivity contribution in [3.8, 4) is 5.82 Å². The van der Waals surface area contributed by atoms with Crippen molar-refractivity contribution in [2.75, 3.05) is 19.4 Å². The zero-order chi connectivity index (χ0) is 25.9. The molecule has 7 heteroatoms. The van der Waals surface area contributed by atoms with Crippen LogP contribution in [0.2, 0.25) is 0 Å². The van der Waals surface area contributed by atoms with E-state index in [9.17, 15) is 4.79 Å². The maximum absolute atomic E-state index is 13.4. The van der Waals surface area contributed by atoms with Crippen LogP contribution in [0.1, 0.15) is 62.9 Å². The van der Waals surface area contributed by atoms with Gasteiger partial charge in [-0.05, 0) is 81.6 Å². The van der Waals surface area contributed by atoms with E-state index >= 15 is 0 Å². The Kier molecular flexibility index (Phi) is 5.71. The number of hydrogen-bond donors (Lipinski definition) is 1. The molecule has 0 amide bonds. The standard InChI is InChI=1S/C30H36N6O/c1-30(2,3)26-7-6-8-28(33-26)36-25-17-27(31-18-24(25)29(37)35(36)22-13-14-22)32-21-11-9-20-16-23(34(4)5)12-10-19(20)15-21/h6-9,11,15,17-18,22-23H,10,12-14,16H2,1-5H3,(H,31,32). The Labute approximate surface area is 218 Å². The van der Waals surface area contributed by atoms with Gasteiger partial charge in [0, 0.05) is 35.1 Å². The number of nitrogens with one attached hydrogen (secondary N) is 1. The molecule has 1 saturated carbocycles. The lowest BCUT2D eigenvalue weighted by Crippen LogP contribution is -2.33. The van der Waals surface area contributed by atoms with E-state index in [0.29, 0.717) is 11.4 Å². The summed E-state index contributed by atoms with van der Waals surface area (Å²) < 4.78 is 3.89. The Morgan fingerprint density at radius 2 is 1.84 bits per heavy atom. The van der Waals surface area contributed by atoms with E-state index in [2.05, 4.69) is 74.3 Å². The number of fused-ring (bicyclic) bond motifs is 2. The third-order valence-corrected chi connectivity index (χ3v) is 7.79. The van der Waals surface area contributed by atoms with Crippen molar-refractivity contribution in [2.24, 2.45) is 0 Å². The summed E-state index contributed by atoms with van der Waals surface area (Å²) in [4.78, 5) is 25.4. The highest BCUT2D eigenvalue weighted by Gasteiger charge is 2.31. The van der Waals surface area contributed by atoms with E-state index in [-0.39, 0.29) is 17.0 Å². The maximum Gasteiger partial charge on any atom is 0.276 e. The molecular formula is C30H36N6O. The molecule has 0 radical (unpaired) electrons. The highest BCUT2D eigenvalue weighted by Crippen LogP contribution is 2.36. The maximum atomic E-state index is 13.4. The van der Waals surface area contributed by atoms with Gasteiger partial charge in [-0.3, -0.25) is 4.79 Å². The summed E-state index contributed by atoms with van der Waals surface area (Å²) in [5, 5.41) is 4.13. The highest BCUT2D eigenvalue weighted by molar-refractivity contribution is 5.82. The molecule has 1 atom stereocenters. The van der Waals surface area contributed by atoms with Crippen molar-refractivity contribution in [1.29, 1.82) is 0 Å². The largest absolute Gasteiger partial charge is 0.340 e. The van der Waals surface area contributed by atoms with Crippen molar-refractivity contribution in [2.45, 2.75) is 70.4 Å². The number of anilines is 2. The number of pyridine rings is 2. The van der Waals surface area contributed by atoms with Crippen LogP contribution >= 0.6 is 0 Å². The van der Waals surface area contributed by atoms with E-state index in [1.807, 2.05) is 27.6 Å². The second-order valence-electron chi connectivity index (χ2n) is 11.9. The number of aromatic nitrogens is 4. The lowest BCUT2D eigenvalue weighted by Gasteiger charge is -2.30. The monoisotopic (exact) mass is 496 g/mol. The van der Waals surface area contributed by atoms with Gasteiger partial charge in [0.2, 0.25) is 0 Å². The minimum atomic E-state index is -0.0864. The molecule has 7 nitrogen and oxygen atoms in total. The van der Waals surface area contributed by atoms with Crippen molar-refractivity contribution in [1.82, 2.24) is 24.2 Å². The number of aryl methyl sites for hydroxylation is 1. The van der Waals surface area contributed by atoms with Crippen LogP contribution in [-0.2, 0) is 18.3 Å². The molecule has 1 aromatic carbocycles. The molecule has 1 fully saturated rings. The first-order valence-corrected chi connectivity index (χ1v) is 13.4. The summed E-state index contributed by atoms with van der Waals surface area (Å²) in [6.07, 6.45) is 7.08. The average Bonchev–Trinajstić information content (AvgIpc) is 3.67. The Hall–Kier alpha value is -3.45. The van der Waals surface area contributed by atoms with Crippen LogP contribution in [0.3, 0.4) is 0 Å². The summed E-state index contributed by atoms with van der Waals surface area (Å²) in [6.45, 7) is 6.48. The van der Waals surface area contributed by atoms with Gasteiger partial charge in [-0.2, -0.15) is 0 Å². The van der Waals surface area contributed by atoms with Crippen molar-refractivity contribution >= 4 is 22.4 Å². The molecule has 2 aliphatic carbocycles. The zero-order valence-electron chi connectivity index (χ0n) is 22.5. The quantitative estimate of drug-likeness (QED) is 0.402. The predicted octanol–water partition coefficient (Wildman–Crippen LogP) is 5.38. The van der Waals surface area contributed by atoms with Crippen LogP contribution in [-0.4, -0.2) is 44.4 Å². The smallest absolute Gasteiger partial charge is 0.276 e. The molecule has 2 aliphatic rings. The fourth-order valence-electron chi connectivity index (χ4n) is 5.43. The second-order valence-corrected chi connectivity index (χ2v) is 11.9. The topological polar surface area (TPSA) is 68.0 Å². The molecule has 0 aliphatic heterocycles.